The summed E-state index contributed by atoms with van der Waals surface area (Å²) in [6.45, 7) is 0. The van der Waals surface area contributed by atoms with Gasteiger partial charge >= 0.3 is 5.97 Å². The number of esters is 1. The molecule has 0 unspecified atom stereocenters. The smallest absolute Gasteiger partial charge is 0.306 e. The molecule has 0 spiro atoms. The summed E-state index contributed by atoms with van der Waals surface area (Å²) in [5, 5.41) is 3.67. The lowest BCUT2D eigenvalue weighted by Gasteiger charge is -2.04. The van der Waals surface area contributed by atoms with E-state index in [1.54, 1.807) is 13.2 Å². The van der Waals surface area contributed by atoms with Gasteiger partial charge in [-0.05, 0) is 15.9 Å². The minimum atomic E-state index is -0.216. The number of methoxy groups -OCH3 is 1. The molecule has 88 valence electrons. The topological polar surface area (TPSA) is 64.1 Å². The summed E-state index contributed by atoms with van der Waals surface area (Å²) in [5.41, 5.74) is 0. The summed E-state index contributed by atoms with van der Waals surface area (Å²) in [7, 11) is 3.14. The number of nitrogens with one attached hydrogen (secondary N) is 1. The quantitative estimate of drug-likeness (QED) is 0.509. The Kier molecular flexibility index (Phi) is 5.54. The maximum atomic E-state index is 10.9. The van der Waals surface area contributed by atoms with Gasteiger partial charge in [-0.25, -0.2) is 9.97 Å². The molecule has 0 amide bonds. The Morgan fingerprint density at radius 2 is 2.44 bits per heavy atom. The van der Waals surface area contributed by atoms with Crippen LogP contribution in [-0.2, 0) is 9.53 Å². The Labute approximate surface area is 107 Å². The molecule has 0 atom stereocenters. The van der Waals surface area contributed by atoms with E-state index >= 15 is 0 Å². The van der Waals surface area contributed by atoms with Crippen molar-refractivity contribution in [1.29, 1.82) is 0 Å². The molecule has 0 aliphatic rings. The summed E-state index contributed by atoms with van der Waals surface area (Å²) >= 11 is 4.84. The number of anilines is 1. The van der Waals surface area contributed by atoms with E-state index in [9.17, 15) is 4.79 Å². The molecule has 0 aromatic carbocycles. The van der Waals surface area contributed by atoms with Gasteiger partial charge in [-0.15, -0.1) is 11.8 Å². The molecule has 1 heterocycles. The maximum Gasteiger partial charge on any atom is 0.306 e. The van der Waals surface area contributed by atoms with Crippen LogP contribution < -0.4 is 5.32 Å². The van der Waals surface area contributed by atoms with Crippen LogP contribution in [0.25, 0.3) is 0 Å². The van der Waals surface area contributed by atoms with Gasteiger partial charge in [0.05, 0.1) is 18.0 Å². The van der Waals surface area contributed by atoms with E-state index in [4.69, 9.17) is 0 Å². The molecule has 5 nitrogen and oxygen atoms in total. The van der Waals surface area contributed by atoms with E-state index in [2.05, 4.69) is 36.0 Å². The zero-order valence-electron chi connectivity index (χ0n) is 8.99. The molecule has 0 aliphatic carbocycles. The highest BCUT2D eigenvalue weighted by Gasteiger charge is 2.06. The standard InChI is InChI=1S/C9H12BrN3O2S/c1-11-9-12-5-6(10)8(13-9)16-4-3-7(14)15-2/h5H,3-4H2,1-2H3,(H,11,12,13). The number of carbonyl (C=O) groups excluding carboxylic acids is 1. The molecular weight excluding hydrogens is 294 g/mol. The first kappa shape index (κ1) is 13.2. The van der Waals surface area contributed by atoms with E-state index < -0.39 is 0 Å². The molecule has 16 heavy (non-hydrogen) atoms. The lowest BCUT2D eigenvalue weighted by atomic mass is 10.5. The molecule has 1 rings (SSSR count). The van der Waals surface area contributed by atoms with Crippen LogP contribution in [0.1, 0.15) is 6.42 Å². The van der Waals surface area contributed by atoms with Crippen LogP contribution in [0.2, 0.25) is 0 Å². The number of halogens is 1. The van der Waals surface area contributed by atoms with Crippen molar-refractivity contribution in [3.8, 4) is 0 Å². The number of ether oxygens (including phenoxy) is 1. The lowest BCUT2D eigenvalue weighted by molar-refractivity contribution is -0.140. The monoisotopic (exact) mass is 305 g/mol. The molecule has 1 aromatic heterocycles. The molecule has 0 bridgehead atoms. The van der Waals surface area contributed by atoms with Gasteiger partial charge in [-0.1, -0.05) is 0 Å². The van der Waals surface area contributed by atoms with Gasteiger partial charge in [0, 0.05) is 19.0 Å². The first-order chi connectivity index (χ1) is 7.67. The Hall–Kier alpha value is -0.820. The second-order valence-electron chi connectivity index (χ2n) is 2.77. The Morgan fingerprint density at radius 3 is 3.06 bits per heavy atom. The van der Waals surface area contributed by atoms with Gasteiger partial charge in [0.15, 0.2) is 0 Å². The molecular formula is C9H12BrN3O2S. The predicted molar refractivity (Wildman–Crippen MR) is 66.6 cm³/mol. The van der Waals surface area contributed by atoms with Crippen LogP contribution in [0.15, 0.2) is 15.7 Å². The van der Waals surface area contributed by atoms with Gasteiger partial charge < -0.3 is 10.1 Å². The SMILES string of the molecule is CNc1ncc(Br)c(SCCC(=O)OC)n1. The fourth-order valence-corrected chi connectivity index (χ4v) is 2.24. The first-order valence-corrected chi connectivity index (χ1v) is 6.35. The van der Waals surface area contributed by atoms with Crippen LogP contribution in [0.3, 0.4) is 0 Å². The first-order valence-electron chi connectivity index (χ1n) is 4.57. The van der Waals surface area contributed by atoms with E-state index in [1.165, 1.54) is 18.9 Å². The maximum absolute atomic E-state index is 10.9. The van der Waals surface area contributed by atoms with Crippen molar-refractivity contribution < 1.29 is 9.53 Å². The number of thioether (sulfide) groups is 1. The average Bonchev–Trinajstić information content (AvgIpc) is 2.31. The highest BCUT2D eigenvalue weighted by Crippen LogP contribution is 2.26. The Balaban J connectivity index is 2.55. The third-order valence-electron chi connectivity index (χ3n) is 1.71. The molecule has 1 aromatic rings. The number of nitrogens with zero attached hydrogens (tertiary/aromatic N) is 2. The highest BCUT2D eigenvalue weighted by atomic mass is 79.9. The second-order valence-corrected chi connectivity index (χ2v) is 4.71. The summed E-state index contributed by atoms with van der Waals surface area (Å²) in [6.07, 6.45) is 2.05. The van der Waals surface area contributed by atoms with Gasteiger partial charge in [-0.3, -0.25) is 4.79 Å². The van der Waals surface area contributed by atoms with Crippen molar-refractivity contribution in [1.82, 2.24) is 9.97 Å². The van der Waals surface area contributed by atoms with Gasteiger partial charge in [0.2, 0.25) is 5.95 Å². The number of hydrogen-bond donors (Lipinski definition) is 1. The molecule has 1 N–H and O–H groups in total. The van der Waals surface area contributed by atoms with Crippen LogP contribution >= 0.6 is 27.7 Å². The Bertz CT molecular complexity index is 376. The van der Waals surface area contributed by atoms with Crippen molar-refractivity contribution in [2.45, 2.75) is 11.4 Å². The molecule has 0 fully saturated rings. The molecule has 0 saturated heterocycles. The van der Waals surface area contributed by atoms with Crippen molar-refractivity contribution in [3.63, 3.8) is 0 Å². The summed E-state index contributed by atoms with van der Waals surface area (Å²) in [4.78, 5) is 19.2. The Morgan fingerprint density at radius 1 is 1.69 bits per heavy atom. The fraction of sp³-hybridized carbons (Fsp3) is 0.444. The summed E-state index contributed by atoms with van der Waals surface area (Å²) < 4.78 is 5.37. The second kappa shape index (κ2) is 6.70. The fourth-order valence-electron chi connectivity index (χ4n) is 0.906. The van der Waals surface area contributed by atoms with Crippen LogP contribution in [-0.4, -0.2) is 35.8 Å². The number of carbonyl (C=O) groups is 1. The predicted octanol–water partition coefficient (Wildman–Crippen LogP) is 1.94. The van der Waals surface area contributed by atoms with Crippen molar-refractivity contribution in [2.75, 3.05) is 25.2 Å². The molecule has 0 aliphatic heterocycles. The van der Waals surface area contributed by atoms with E-state index in [1.807, 2.05) is 0 Å². The number of aromatic nitrogens is 2. The molecule has 7 heteroatoms. The zero-order valence-corrected chi connectivity index (χ0v) is 11.4. The van der Waals surface area contributed by atoms with E-state index in [-0.39, 0.29) is 5.97 Å². The summed E-state index contributed by atoms with van der Waals surface area (Å²) in [5.74, 6) is 0.973. The van der Waals surface area contributed by atoms with Crippen LogP contribution in [0.5, 0.6) is 0 Å². The summed E-state index contributed by atoms with van der Waals surface area (Å²) in [6, 6.07) is 0. The minimum Gasteiger partial charge on any atom is -0.469 e. The van der Waals surface area contributed by atoms with Crippen molar-refractivity contribution in [2.24, 2.45) is 0 Å². The number of rotatable bonds is 5. The molecule has 0 radical (unpaired) electrons. The van der Waals surface area contributed by atoms with Gasteiger partial charge in [-0.2, -0.15) is 0 Å². The molecule has 0 saturated carbocycles. The van der Waals surface area contributed by atoms with Gasteiger partial charge in [0.25, 0.3) is 0 Å². The van der Waals surface area contributed by atoms with Gasteiger partial charge in [0.1, 0.15) is 5.03 Å². The zero-order chi connectivity index (χ0) is 12.0. The number of hydrogen-bond acceptors (Lipinski definition) is 6. The van der Waals surface area contributed by atoms with Crippen molar-refractivity contribution in [3.05, 3.63) is 10.7 Å². The highest BCUT2D eigenvalue weighted by molar-refractivity contribution is 9.10. The lowest BCUT2D eigenvalue weighted by Crippen LogP contribution is -2.02. The largest absolute Gasteiger partial charge is 0.469 e. The normalized spacial score (nSPS) is 9.94. The third kappa shape index (κ3) is 3.97. The third-order valence-corrected chi connectivity index (χ3v) is 3.54. The minimum absolute atomic E-state index is 0.216. The van der Waals surface area contributed by atoms with E-state index in [0.29, 0.717) is 18.1 Å². The van der Waals surface area contributed by atoms with Crippen molar-refractivity contribution >= 4 is 39.6 Å². The average molecular weight is 306 g/mol. The van der Waals surface area contributed by atoms with E-state index in [0.717, 1.165) is 9.50 Å². The van der Waals surface area contributed by atoms with Crippen LogP contribution in [0.4, 0.5) is 5.95 Å². The van der Waals surface area contributed by atoms with Crippen LogP contribution in [0, 0.1) is 0 Å².